The Balaban J connectivity index is 2.03. The number of hydrogen-bond donors (Lipinski definition) is 1. The lowest BCUT2D eigenvalue weighted by Crippen LogP contribution is -2.55. The molecule has 1 unspecified atom stereocenters. The van der Waals surface area contributed by atoms with Crippen LogP contribution in [0.25, 0.3) is 0 Å². The van der Waals surface area contributed by atoms with Gasteiger partial charge < -0.3 is 10.2 Å². The van der Waals surface area contributed by atoms with Crippen molar-refractivity contribution in [1.82, 2.24) is 10.2 Å². The van der Waals surface area contributed by atoms with Crippen LogP contribution in [-0.2, 0) is 15.8 Å². The van der Waals surface area contributed by atoms with Crippen LogP contribution in [0.5, 0.6) is 0 Å². The molecule has 1 heterocycles. The van der Waals surface area contributed by atoms with Crippen molar-refractivity contribution >= 4 is 11.8 Å². The van der Waals surface area contributed by atoms with Gasteiger partial charge in [0.2, 0.25) is 11.8 Å². The summed E-state index contributed by atoms with van der Waals surface area (Å²) in [6.45, 7) is 7.67. The summed E-state index contributed by atoms with van der Waals surface area (Å²) in [4.78, 5) is 25.3. The minimum atomic E-state index is -4.40. The van der Waals surface area contributed by atoms with Crippen LogP contribution in [0.3, 0.4) is 0 Å². The van der Waals surface area contributed by atoms with Crippen LogP contribution >= 0.6 is 0 Å². The molecule has 1 aromatic rings. The van der Waals surface area contributed by atoms with E-state index < -0.39 is 17.8 Å². The molecule has 1 aliphatic heterocycles. The summed E-state index contributed by atoms with van der Waals surface area (Å²) in [6.07, 6.45) is -0.369. The first-order valence-corrected chi connectivity index (χ1v) is 8.26. The van der Waals surface area contributed by atoms with E-state index in [4.69, 9.17) is 0 Å². The molecule has 4 nitrogen and oxygen atoms in total. The second-order valence-corrected chi connectivity index (χ2v) is 6.19. The summed E-state index contributed by atoms with van der Waals surface area (Å²) in [7, 11) is 0. The van der Waals surface area contributed by atoms with E-state index in [1.807, 2.05) is 0 Å². The van der Waals surface area contributed by atoms with E-state index in [1.54, 1.807) is 6.08 Å². The maximum Gasteiger partial charge on any atom is 0.416 e. The van der Waals surface area contributed by atoms with Crippen LogP contribution in [0.15, 0.2) is 49.6 Å². The Labute approximate surface area is 150 Å². The Bertz CT molecular complexity index is 677. The maximum atomic E-state index is 12.7. The van der Waals surface area contributed by atoms with Gasteiger partial charge in [-0.05, 0) is 36.6 Å². The van der Waals surface area contributed by atoms with Crippen LogP contribution in [0.1, 0.15) is 30.0 Å². The number of carbonyl (C=O) groups excluding carboxylic acids is 2. The smallest absolute Gasteiger partial charge is 0.349 e. The van der Waals surface area contributed by atoms with Crippen molar-refractivity contribution in [2.45, 2.75) is 25.1 Å². The number of alkyl halides is 3. The predicted molar refractivity (Wildman–Crippen MR) is 92.0 cm³/mol. The number of nitrogens with zero attached hydrogens (tertiary/aromatic N) is 1. The van der Waals surface area contributed by atoms with Gasteiger partial charge in [0.15, 0.2) is 0 Å². The monoisotopic (exact) mass is 366 g/mol. The zero-order valence-corrected chi connectivity index (χ0v) is 14.3. The zero-order valence-electron chi connectivity index (χ0n) is 14.3. The summed E-state index contributed by atoms with van der Waals surface area (Å²) in [5.74, 6) is -0.758. The lowest BCUT2D eigenvalue weighted by atomic mass is 9.96. The van der Waals surface area contributed by atoms with Crippen molar-refractivity contribution in [1.29, 1.82) is 0 Å². The molecule has 1 fully saturated rings. The topological polar surface area (TPSA) is 49.4 Å². The van der Waals surface area contributed by atoms with E-state index in [-0.39, 0.29) is 17.7 Å². The number of carbonyl (C=O) groups is 2. The lowest BCUT2D eigenvalue weighted by Gasteiger charge is -2.38. The van der Waals surface area contributed by atoms with Crippen LogP contribution in [0.4, 0.5) is 13.2 Å². The average Bonchev–Trinajstić information content (AvgIpc) is 2.56. The molecule has 7 heteroatoms. The number of hydrogen-bond acceptors (Lipinski definition) is 2. The number of likely N-dealkylation sites (tertiary alicyclic amines) is 1. The normalized spacial score (nSPS) is 15.7. The quantitative estimate of drug-likeness (QED) is 0.593. The zero-order chi connectivity index (χ0) is 19.3. The second-order valence-electron chi connectivity index (χ2n) is 6.19. The van der Waals surface area contributed by atoms with Gasteiger partial charge in [0.05, 0.1) is 17.5 Å². The Morgan fingerprint density at radius 1 is 1.23 bits per heavy atom. The number of nitrogens with one attached hydrogen (secondary N) is 1. The lowest BCUT2D eigenvalue weighted by molar-refractivity contribution is -0.140. The Kier molecular flexibility index (Phi) is 6.23. The molecule has 1 atom stereocenters. The molecule has 0 aliphatic carbocycles. The minimum absolute atomic E-state index is 0.216. The largest absolute Gasteiger partial charge is 0.416 e. The molecule has 0 radical (unpaired) electrons. The number of allylic oxidation sites excluding steroid dienone is 1. The first kappa shape index (κ1) is 19.8. The molecule has 2 amide bonds. The highest BCUT2D eigenvalue weighted by atomic mass is 19.4. The third-order valence-electron chi connectivity index (χ3n) is 4.35. The van der Waals surface area contributed by atoms with Gasteiger partial charge in [-0.25, -0.2) is 0 Å². The molecule has 1 N–H and O–H groups in total. The van der Waals surface area contributed by atoms with Crippen LogP contribution in [-0.4, -0.2) is 29.8 Å². The van der Waals surface area contributed by atoms with Crippen molar-refractivity contribution in [3.05, 3.63) is 60.7 Å². The SMILES string of the molecule is C=CCCC(NC(=O)C1CN(C(=O)C=C)C1)c1ccc(C(F)(F)F)cc1. The van der Waals surface area contributed by atoms with Gasteiger partial charge in [-0.1, -0.05) is 24.8 Å². The Morgan fingerprint density at radius 2 is 1.85 bits per heavy atom. The standard InChI is InChI=1S/C19H21F3N2O2/c1-3-5-6-16(13-7-9-15(10-8-13)19(20,21)22)23-18(26)14-11-24(12-14)17(25)4-2/h3-4,7-10,14,16H,1-2,5-6,11-12H2,(H,23,26). The summed E-state index contributed by atoms with van der Waals surface area (Å²) in [6, 6.07) is 4.37. The van der Waals surface area contributed by atoms with Crippen LogP contribution in [0, 0.1) is 5.92 Å². The molecule has 0 bridgehead atoms. The second kappa shape index (κ2) is 8.21. The van der Waals surface area contributed by atoms with Gasteiger partial charge in [0, 0.05) is 13.1 Å². The van der Waals surface area contributed by atoms with Gasteiger partial charge in [-0.2, -0.15) is 13.2 Å². The summed E-state index contributed by atoms with van der Waals surface area (Å²) < 4.78 is 38.1. The molecule has 2 rings (SSSR count). The highest BCUT2D eigenvalue weighted by molar-refractivity contribution is 5.90. The molecule has 140 valence electrons. The predicted octanol–water partition coefficient (Wildman–Crippen LogP) is 3.47. The number of halogens is 3. The molecule has 0 spiro atoms. The van der Waals surface area contributed by atoms with Gasteiger partial charge in [-0.15, -0.1) is 6.58 Å². The van der Waals surface area contributed by atoms with Gasteiger partial charge in [0.25, 0.3) is 0 Å². The number of rotatable bonds is 7. The minimum Gasteiger partial charge on any atom is -0.349 e. The summed E-state index contributed by atoms with van der Waals surface area (Å²) in [5.41, 5.74) is -0.126. The molecular formula is C19H21F3N2O2. The average molecular weight is 366 g/mol. The van der Waals surface area contributed by atoms with Crippen LogP contribution in [0.2, 0.25) is 0 Å². The van der Waals surface area contributed by atoms with E-state index in [0.29, 0.717) is 31.5 Å². The van der Waals surface area contributed by atoms with E-state index >= 15 is 0 Å². The third-order valence-corrected chi connectivity index (χ3v) is 4.35. The molecule has 26 heavy (non-hydrogen) atoms. The molecule has 1 aromatic carbocycles. The Hall–Kier alpha value is -2.57. The summed E-state index contributed by atoms with van der Waals surface area (Å²) in [5, 5.41) is 2.87. The van der Waals surface area contributed by atoms with Crippen molar-refractivity contribution in [3.8, 4) is 0 Å². The van der Waals surface area contributed by atoms with Gasteiger partial charge >= 0.3 is 6.18 Å². The highest BCUT2D eigenvalue weighted by Gasteiger charge is 2.35. The molecular weight excluding hydrogens is 345 g/mol. The molecule has 1 saturated heterocycles. The van der Waals surface area contributed by atoms with E-state index in [9.17, 15) is 22.8 Å². The first-order valence-electron chi connectivity index (χ1n) is 8.26. The van der Waals surface area contributed by atoms with Crippen molar-refractivity contribution < 1.29 is 22.8 Å². The summed E-state index contributed by atoms with van der Waals surface area (Å²) >= 11 is 0. The van der Waals surface area contributed by atoms with Crippen molar-refractivity contribution in [3.63, 3.8) is 0 Å². The molecule has 0 saturated carbocycles. The van der Waals surface area contributed by atoms with Crippen molar-refractivity contribution in [2.75, 3.05) is 13.1 Å². The fourth-order valence-corrected chi connectivity index (χ4v) is 2.75. The molecule has 0 aromatic heterocycles. The fourth-order valence-electron chi connectivity index (χ4n) is 2.75. The third kappa shape index (κ3) is 4.74. The van der Waals surface area contributed by atoms with E-state index in [2.05, 4.69) is 18.5 Å². The van der Waals surface area contributed by atoms with E-state index in [0.717, 1.165) is 12.1 Å². The first-order chi connectivity index (χ1) is 12.3. The highest BCUT2D eigenvalue weighted by Crippen LogP contribution is 2.30. The maximum absolute atomic E-state index is 12.7. The van der Waals surface area contributed by atoms with Gasteiger partial charge in [0.1, 0.15) is 0 Å². The van der Waals surface area contributed by atoms with Crippen molar-refractivity contribution in [2.24, 2.45) is 5.92 Å². The number of benzene rings is 1. The Morgan fingerprint density at radius 3 is 2.35 bits per heavy atom. The fraction of sp³-hybridized carbons (Fsp3) is 0.368. The van der Waals surface area contributed by atoms with Gasteiger partial charge in [-0.3, -0.25) is 9.59 Å². The molecule has 1 aliphatic rings. The number of amides is 2. The van der Waals surface area contributed by atoms with Crippen LogP contribution < -0.4 is 5.32 Å². The van der Waals surface area contributed by atoms with E-state index in [1.165, 1.54) is 23.1 Å².